The van der Waals surface area contributed by atoms with Crippen LogP contribution in [0.25, 0.3) is 0 Å². The van der Waals surface area contributed by atoms with Gasteiger partial charge in [0.2, 0.25) is 0 Å². The van der Waals surface area contributed by atoms with E-state index in [2.05, 4.69) is 13.8 Å². The highest BCUT2D eigenvalue weighted by Crippen LogP contribution is 2.14. The SMILES string of the molecule is CCCCCCCCCCCCCCCCCC(=O)OCC(C)OC(=O)CCCCCCCC. The maximum atomic E-state index is 11.9. The number of unbranched alkanes of at least 4 members (excludes halogenated alkanes) is 19. The zero-order chi connectivity index (χ0) is 25.1. The van der Waals surface area contributed by atoms with Crippen molar-refractivity contribution in [3.63, 3.8) is 0 Å². The van der Waals surface area contributed by atoms with Crippen LogP contribution in [0.4, 0.5) is 0 Å². The molecule has 0 spiro atoms. The van der Waals surface area contributed by atoms with E-state index < -0.39 is 0 Å². The Bertz CT molecular complexity index is 449. The third-order valence-electron chi connectivity index (χ3n) is 6.53. The van der Waals surface area contributed by atoms with Gasteiger partial charge in [0.1, 0.15) is 12.7 Å². The maximum Gasteiger partial charge on any atom is 0.306 e. The highest BCUT2D eigenvalue weighted by molar-refractivity contribution is 5.70. The molecule has 0 N–H and O–H groups in total. The van der Waals surface area contributed by atoms with Gasteiger partial charge in [0.15, 0.2) is 0 Å². The van der Waals surface area contributed by atoms with E-state index >= 15 is 0 Å². The Kier molecular flexibility index (Phi) is 25.7. The summed E-state index contributed by atoms with van der Waals surface area (Å²) in [5.74, 6) is -0.352. The van der Waals surface area contributed by atoms with Gasteiger partial charge >= 0.3 is 11.9 Å². The van der Waals surface area contributed by atoms with Gasteiger partial charge in [-0.1, -0.05) is 136 Å². The molecule has 0 aliphatic heterocycles. The molecular weight excluding hydrogens is 424 g/mol. The van der Waals surface area contributed by atoms with Crippen LogP contribution < -0.4 is 0 Å². The molecule has 0 bridgehead atoms. The molecule has 0 aliphatic carbocycles. The number of carbonyl (C=O) groups is 2. The molecule has 4 heteroatoms. The van der Waals surface area contributed by atoms with Crippen molar-refractivity contribution in [3.8, 4) is 0 Å². The standard InChI is InChI=1S/C30H58O4/c1-4-6-8-10-12-13-14-15-16-17-18-19-20-22-23-25-29(31)33-27-28(3)34-30(32)26-24-21-11-9-7-5-2/h28H,4-27H2,1-3H3. The predicted molar refractivity (Wildman–Crippen MR) is 144 cm³/mol. The number of carbonyl (C=O) groups excluding carboxylic acids is 2. The molecule has 1 unspecified atom stereocenters. The first-order valence-electron chi connectivity index (χ1n) is 14.9. The fourth-order valence-corrected chi connectivity index (χ4v) is 4.29. The Hall–Kier alpha value is -1.06. The summed E-state index contributed by atoms with van der Waals surface area (Å²) in [5.41, 5.74) is 0. The summed E-state index contributed by atoms with van der Waals surface area (Å²) in [7, 11) is 0. The lowest BCUT2D eigenvalue weighted by Crippen LogP contribution is -2.22. The lowest BCUT2D eigenvalue weighted by atomic mass is 10.0. The number of ether oxygens (including phenoxy) is 2. The second-order valence-electron chi connectivity index (χ2n) is 10.2. The van der Waals surface area contributed by atoms with E-state index in [1.165, 1.54) is 109 Å². The molecule has 202 valence electrons. The maximum absolute atomic E-state index is 11.9. The van der Waals surface area contributed by atoms with Gasteiger partial charge < -0.3 is 9.47 Å². The van der Waals surface area contributed by atoms with Crippen molar-refractivity contribution in [2.75, 3.05) is 6.61 Å². The Morgan fingerprint density at radius 2 is 0.824 bits per heavy atom. The van der Waals surface area contributed by atoms with Gasteiger partial charge in [0.05, 0.1) is 0 Å². The molecule has 0 rings (SSSR count). The van der Waals surface area contributed by atoms with E-state index in [-0.39, 0.29) is 24.6 Å². The van der Waals surface area contributed by atoms with Crippen LogP contribution in [0.15, 0.2) is 0 Å². The van der Waals surface area contributed by atoms with Crippen LogP contribution in [0, 0.1) is 0 Å². The third-order valence-corrected chi connectivity index (χ3v) is 6.53. The van der Waals surface area contributed by atoms with Crippen molar-refractivity contribution in [1.82, 2.24) is 0 Å². The van der Waals surface area contributed by atoms with Crippen molar-refractivity contribution < 1.29 is 19.1 Å². The molecule has 0 saturated carbocycles. The second-order valence-corrected chi connectivity index (χ2v) is 10.2. The van der Waals surface area contributed by atoms with E-state index in [0.29, 0.717) is 12.8 Å². The molecule has 34 heavy (non-hydrogen) atoms. The molecular formula is C30H58O4. The molecule has 0 radical (unpaired) electrons. The molecule has 0 saturated heterocycles. The summed E-state index contributed by atoms with van der Waals surface area (Å²) in [5, 5.41) is 0. The van der Waals surface area contributed by atoms with Gasteiger partial charge in [-0.05, 0) is 19.8 Å². The average Bonchev–Trinajstić information content (AvgIpc) is 2.82. The smallest absolute Gasteiger partial charge is 0.306 e. The summed E-state index contributed by atoms with van der Waals surface area (Å²) in [6.07, 6.45) is 27.2. The van der Waals surface area contributed by atoms with Crippen LogP contribution in [0.2, 0.25) is 0 Å². The molecule has 0 aromatic carbocycles. The van der Waals surface area contributed by atoms with E-state index in [9.17, 15) is 9.59 Å². The number of esters is 2. The van der Waals surface area contributed by atoms with Crippen molar-refractivity contribution in [2.45, 2.75) is 175 Å². The molecule has 0 amide bonds. The Labute approximate surface area is 212 Å². The predicted octanol–water partition coefficient (Wildman–Crippen LogP) is 9.47. The van der Waals surface area contributed by atoms with Crippen LogP contribution in [-0.2, 0) is 19.1 Å². The summed E-state index contributed by atoms with van der Waals surface area (Å²) < 4.78 is 10.6. The zero-order valence-electron chi connectivity index (χ0n) is 23.2. The van der Waals surface area contributed by atoms with Crippen LogP contribution >= 0.6 is 0 Å². The quantitative estimate of drug-likeness (QED) is 0.0909. The van der Waals surface area contributed by atoms with Crippen molar-refractivity contribution in [1.29, 1.82) is 0 Å². The van der Waals surface area contributed by atoms with Gasteiger partial charge in [-0.15, -0.1) is 0 Å². The largest absolute Gasteiger partial charge is 0.462 e. The molecule has 4 nitrogen and oxygen atoms in total. The van der Waals surface area contributed by atoms with E-state index in [4.69, 9.17) is 9.47 Å². The second kappa shape index (κ2) is 26.5. The van der Waals surface area contributed by atoms with Crippen molar-refractivity contribution >= 4 is 11.9 Å². The zero-order valence-corrected chi connectivity index (χ0v) is 23.2. The van der Waals surface area contributed by atoms with Crippen LogP contribution in [-0.4, -0.2) is 24.6 Å². The van der Waals surface area contributed by atoms with E-state index in [0.717, 1.165) is 25.7 Å². The monoisotopic (exact) mass is 482 g/mol. The van der Waals surface area contributed by atoms with Gasteiger partial charge in [0, 0.05) is 12.8 Å². The third kappa shape index (κ3) is 25.6. The van der Waals surface area contributed by atoms with Crippen molar-refractivity contribution in [3.05, 3.63) is 0 Å². The molecule has 0 heterocycles. The highest BCUT2D eigenvalue weighted by atomic mass is 16.6. The topological polar surface area (TPSA) is 52.6 Å². The molecule has 0 aromatic heterocycles. The van der Waals surface area contributed by atoms with Gasteiger partial charge in [-0.25, -0.2) is 0 Å². The van der Waals surface area contributed by atoms with Crippen LogP contribution in [0.1, 0.15) is 168 Å². The summed E-state index contributed by atoms with van der Waals surface area (Å²) in [4.78, 5) is 23.8. The van der Waals surface area contributed by atoms with Gasteiger partial charge in [0.25, 0.3) is 0 Å². The first-order chi connectivity index (χ1) is 16.6. The minimum absolute atomic E-state index is 0.166. The molecule has 0 aromatic rings. The Morgan fingerprint density at radius 1 is 0.500 bits per heavy atom. The normalized spacial score (nSPS) is 12.0. The van der Waals surface area contributed by atoms with Gasteiger partial charge in [-0.3, -0.25) is 9.59 Å². The van der Waals surface area contributed by atoms with Crippen LogP contribution in [0.5, 0.6) is 0 Å². The van der Waals surface area contributed by atoms with E-state index in [1.54, 1.807) is 6.92 Å². The molecule has 0 fully saturated rings. The lowest BCUT2D eigenvalue weighted by molar-refractivity contribution is -0.158. The summed E-state index contributed by atoms with van der Waals surface area (Å²) in [6.45, 7) is 6.43. The Balaban J connectivity index is 3.38. The van der Waals surface area contributed by atoms with Gasteiger partial charge in [-0.2, -0.15) is 0 Å². The number of hydrogen-bond acceptors (Lipinski definition) is 4. The van der Waals surface area contributed by atoms with Crippen molar-refractivity contribution in [2.24, 2.45) is 0 Å². The summed E-state index contributed by atoms with van der Waals surface area (Å²) >= 11 is 0. The first kappa shape index (κ1) is 32.9. The molecule has 1 atom stereocenters. The summed E-state index contributed by atoms with van der Waals surface area (Å²) in [6, 6.07) is 0. The Morgan fingerprint density at radius 3 is 1.21 bits per heavy atom. The fraction of sp³-hybridized carbons (Fsp3) is 0.933. The fourth-order valence-electron chi connectivity index (χ4n) is 4.29. The van der Waals surface area contributed by atoms with Crippen LogP contribution in [0.3, 0.4) is 0 Å². The van der Waals surface area contributed by atoms with E-state index in [1.807, 2.05) is 0 Å². The minimum atomic E-state index is -0.363. The molecule has 0 aliphatic rings. The minimum Gasteiger partial charge on any atom is -0.462 e. The lowest BCUT2D eigenvalue weighted by Gasteiger charge is -2.13. The average molecular weight is 483 g/mol. The number of rotatable bonds is 26. The highest BCUT2D eigenvalue weighted by Gasteiger charge is 2.12. The number of hydrogen-bond donors (Lipinski definition) is 0. The first-order valence-corrected chi connectivity index (χ1v) is 14.9.